The molecule has 3 heterocycles. The molecule has 1 amide bonds. The predicted octanol–water partition coefficient (Wildman–Crippen LogP) is 4.06. The maximum Gasteiger partial charge on any atom is 0.235 e. The summed E-state index contributed by atoms with van der Waals surface area (Å²) in [5, 5.41) is 15.1. The van der Waals surface area contributed by atoms with Crippen molar-refractivity contribution in [3.8, 4) is 0 Å². The number of benzene rings is 1. The van der Waals surface area contributed by atoms with E-state index in [0.29, 0.717) is 18.4 Å². The van der Waals surface area contributed by atoms with E-state index in [4.69, 9.17) is 4.74 Å². The molecule has 0 radical (unpaired) electrons. The highest BCUT2D eigenvalue weighted by Gasteiger charge is 2.78. The molecule has 1 saturated carbocycles. The Morgan fingerprint density at radius 1 is 1.15 bits per heavy atom. The third-order valence-corrected chi connectivity index (χ3v) is 10.1. The van der Waals surface area contributed by atoms with Gasteiger partial charge in [0.2, 0.25) is 5.91 Å². The van der Waals surface area contributed by atoms with Gasteiger partial charge in [-0.3, -0.25) is 14.4 Å². The lowest BCUT2D eigenvalue weighted by atomic mass is 9.51. The maximum atomic E-state index is 14.3. The van der Waals surface area contributed by atoms with Gasteiger partial charge in [0.05, 0.1) is 11.7 Å². The van der Waals surface area contributed by atoms with Gasteiger partial charge in [0.1, 0.15) is 17.3 Å². The number of rotatable bonds is 2. The number of para-hydroxylation sites is 1. The molecule has 7 heteroatoms. The van der Waals surface area contributed by atoms with E-state index >= 15 is 0 Å². The second-order valence-electron chi connectivity index (χ2n) is 12.4. The molecular weight excluding hydrogens is 492 g/mol. The third kappa shape index (κ3) is 3.88. The van der Waals surface area contributed by atoms with Crippen molar-refractivity contribution >= 4 is 28.4 Å². The lowest BCUT2D eigenvalue weighted by molar-refractivity contribution is -0.148. The number of ether oxygens (including phenoxy) is 1. The minimum atomic E-state index is -1.31. The van der Waals surface area contributed by atoms with Crippen LogP contribution in [-0.4, -0.2) is 51.4 Å². The zero-order valence-electron chi connectivity index (χ0n) is 23.1. The van der Waals surface area contributed by atoms with Gasteiger partial charge < -0.3 is 20.1 Å². The molecule has 9 atom stereocenters. The van der Waals surface area contributed by atoms with E-state index in [1.54, 1.807) is 6.92 Å². The van der Waals surface area contributed by atoms with Crippen molar-refractivity contribution in [3.05, 3.63) is 59.8 Å². The van der Waals surface area contributed by atoms with E-state index in [2.05, 4.69) is 30.2 Å². The molecule has 0 unspecified atom stereocenters. The number of carbonyl (C=O) groups is 3. The van der Waals surface area contributed by atoms with E-state index in [1.807, 2.05) is 49.5 Å². The maximum absolute atomic E-state index is 14.3. The molecule has 206 valence electrons. The van der Waals surface area contributed by atoms with Gasteiger partial charge >= 0.3 is 0 Å². The first-order valence-corrected chi connectivity index (χ1v) is 14.2. The zero-order chi connectivity index (χ0) is 27.7. The molecule has 2 saturated heterocycles. The number of epoxide rings is 1. The highest BCUT2D eigenvalue weighted by Crippen LogP contribution is 2.66. The number of aliphatic hydroxyl groups is 1. The monoisotopic (exact) mass is 530 g/mol. The highest BCUT2D eigenvalue weighted by atomic mass is 16.6. The Morgan fingerprint density at radius 3 is 2.72 bits per heavy atom. The Kier molecular flexibility index (Phi) is 6.23. The predicted molar refractivity (Wildman–Crippen MR) is 148 cm³/mol. The van der Waals surface area contributed by atoms with Crippen LogP contribution in [0.4, 0.5) is 0 Å². The summed E-state index contributed by atoms with van der Waals surface area (Å²) >= 11 is 0. The van der Waals surface area contributed by atoms with Crippen molar-refractivity contribution < 1.29 is 24.2 Å². The molecule has 39 heavy (non-hydrogen) atoms. The Labute approximate surface area is 229 Å². The first-order chi connectivity index (χ1) is 18.6. The van der Waals surface area contributed by atoms with E-state index < -0.39 is 23.0 Å². The number of amides is 1. The Morgan fingerprint density at radius 2 is 1.92 bits per heavy atom. The summed E-state index contributed by atoms with van der Waals surface area (Å²) in [7, 11) is 0. The van der Waals surface area contributed by atoms with Crippen molar-refractivity contribution in [2.75, 3.05) is 0 Å². The van der Waals surface area contributed by atoms with Gasteiger partial charge in [-0.2, -0.15) is 0 Å². The van der Waals surface area contributed by atoms with Crippen LogP contribution >= 0.6 is 0 Å². The van der Waals surface area contributed by atoms with Crippen molar-refractivity contribution in [1.29, 1.82) is 0 Å². The normalized spacial score (nSPS) is 42.6. The molecule has 4 aliphatic rings. The molecule has 1 spiro atoms. The number of aromatic amines is 1. The van der Waals surface area contributed by atoms with Crippen molar-refractivity contribution in [3.63, 3.8) is 0 Å². The number of hydrogen-bond acceptors (Lipinski definition) is 5. The smallest absolute Gasteiger partial charge is 0.235 e. The van der Waals surface area contributed by atoms with Crippen LogP contribution in [0.25, 0.3) is 10.9 Å². The zero-order valence-corrected chi connectivity index (χ0v) is 23.1. The van der Waals surface area contributed by atoms with Crippen molar-refractivity contribution in [2.24, 2.45) is 29.1 Å². The van der Waals surface area contributed by atoms with Crippen molar-refractivity contribution in [1.82, 2.24) is 10.3 Å². The number of carbonyl (C=O) groups excluding carboxylic acids is 3. The first-order valence-electron chi connectivity index (χ1n) is 14.2. The first kappa shape index (κ1) is 26.2. The molecule has 7 nitrogen and oxygen atoms in total. The number of hydrogen-bond donors (Lipinski definition) is 3. The standard InChI is InChI=1S/C32H38N2O5/c1-17-8-7-10-22-29-31(4,39-29)19(3)27-24(15-20-16-33-23-11-6-5-9-21(20)23)34-30(38)32(22,27)26(36)13-12-25(35)28(37)18(2)14-17/h5-7,9-11,14,16-17,19,22,24-25,27,29,33,35H,8,12-13,15H2,1-4H3,(H,34,38)/b10-7+,18-14+/t17-,19-,22-,24-,25-,27-,29-,31+,32-/m0/s1. The summed E-state index contributed by atoms with van der Waals surface area (Å²) in [6.07, 6.45) is 7.67. The number of nitrogens with one attached hydrogen (secondary N) is 2. The van der Waals surface area contributed by atoms with Gasteiger partial charge in [-0.1, -0.05) is 50.3 Å². The summed E-state index contributed by atoms with van der Waals surface area (Å²) in [4.78, 5) is 44.7. The van der Waals surface area contributed by atoms with Crippen LogP contribution < -0.4 is 5.32 Å². The molecule has 1 aromatic heterocycles. The molecule has 2 aromatic rings. The number of ketones is 2. The van der Waals surface area contributed by atoms with Crippen molar-refractivity contribution in [2.45, 2.75) is 77.2 Å². The molecular formula is C32H38N2O5. The third-order valence-electron chi connectivity index (χ3n) is 10.1. The molecule has 2 aliphatic heterocycles. The second-order valence-corrected chi connectivity index (χ2v) is 12.4. The van der Waals surface area contributed by atoms with Gasteiger partial charge in [0.25, 0.3) is 0 Å². The van der Waals surface area contributed by atoms with Crippen LogP contribution in [0, 0.1) is 29.1 Å². The van der Waals surface area contributed by atoms with Gasteiger partial charge in [-0.15, -0.1) is 0 Å². The van der Waals surface area contributed by atoms with E-state index in [0.717, 1.165) is 16.5 Å². The lowest BCUT2D eigenvalue weighted by Crippen LogP contribution is -2.58. The number of Topliss-reactive ketones (excluding diaryl/α,β-unsaturated/α-hetero) is 2. The van der Waals surface area contributed by atoms with Crippen LogP contribution in [0.3, 0.4) is 0 Å². The van der Waals surface area contributed by atoms with Gasteiger partial charge in [0.15, 0.2) is 5.78 Å². The average Bonchev–Trinajstić information content (AvgIpc) is 3.31. The quantitative estimate of drug-likeness (QED) is 0.308. The fourth-order valence-electron chi connectivity index (χ4n) is 7.95. The largest absolute Gasteiger partial charge is 0.385 e. The molecule has 1 aromatic carbocycles. The minimum absolute atomic E-state index is 0.000298. The molecule has 3 N–H and O–H groups in total. The number of allylic oxidation sites excluding steroid dienone is 2. The fraction of sp³-hybridized carbons (Fsp3) is 0.531. The van der Waals surface area contributed by atoms with Crippen LogP contribution in [0.15, 0.2) is 54.3 Å². The molecule has 2 aliphatic carbocycles. The highest BCUT2D eigenvalue weighted by molar-refractivity contribution is 6.09. The van der Waals surface area contributed by atoms with Crippen LogP contribution in [0.5, 0.6) is 0 Å². The summed E-state index contributed by atoms with van der Waals surface area (Å²) < 4.78 is 6.35. The van der Waals surface area contributed by atoms with Crippen LogP contribution in [0.1, 0.15) is 52.5 Å². The average molecular weight is 531 g/mol. The van der Waals surface area contributed by atoms with E-state index in [-0.39, 0.29) is 60.2 Å². The summed E-state index contributed by atoms with van der Waals surface area (Å²) in [5.41, 5.74) is 0.921. The summed E-state index contributed by atoms with van der Waals surface area (Å²) in [6.45, 7) is 7.95. The second kappa shape index (κ2) is 9.27. The van der Waals surface area contributed by atoms with Crippen LogP contribution in [0.2, 0.25) is 0 Å². The molecule has 6 rings (SSSR count). The molecule has 0 bridgehead atoms. The van der Waals surface area contributed by atoms with Gasteiger partial charge in [-0.25, -0.2) is 0 Å². The van der Waals surface area contributed by atoms with Gasteiger partial charge in [-0.05, 0) is 62.1 Å². The van der Waals surface area contributed by atoms with E-state index in [9.17, 15) is 19.5 Å². The summed E-state index contributed by atoms with van der Waals surface area (Å²) in [5.74, 6) is -1.48. The number of H-pyrrole nitrogens is 1. The number of aromatic nitrogens is 1. The number of fused-ring (bicyclic) bond motifs is 3. The van der Waals surface area contributed by atoms with E-state index in [1.165, 1.54) is 0 Å². The van der Waals surface area contributed by atoms with Gasteiger partial charge in [0, 0.05) is 41.4 Å². The Bertz CT molecular complexity index is 1410. The lowest BCUT2D eigenvalue weighted by Gasteiger charge is -2.46. The Balaban J connectivity index is 1.43. The molecule has 3 fully saturated rings. The number of aliphatic hydroxyl groups excluding tert-OH is 1. The van der Waals surface area contributed by atoms with Crippen LogP contribution in [-0.2, 0) is 25.5 Å². The Hall–Kier alpha value is -3.03. The topological polar surface area (TPSA) is 112 Å². The fourth-order valence-corrected chi connectivity index (χ4v) is 7.95. The SMILES string of the molecule is C/C1=C\[C@@H](C)C/C=C/[C@H]2[C@@H]3O[C@]3(C)[C@@H](C)[C@H]3[C@H](Cc4c[nH]c5ccccc45)NC(=O)[C@@]32C(=O)CC[C@H](O)C1=O. The summed E-state index contributed by atoms with van der Waals surface area (Å²) in [6, 6.07) is 7.85. The minimum Gasteiger partial charge on any atom is -0.385 e.